The molecule has 1 unspecified atom stereocenters. The number of hydrogen-bond donors (Lipinski definition) is 2. The highest BCUT2D eigenvalue weighted by molar-refractivity contribution is 5.88. The quantitative estimate of drug-likeness (QED) is 0.458. The second kappa shape index (κ2) is 9.50. The second-order valence-corrected chi connectivity index (χ2v) is 4.81. The number of nitrogens with zero attached hydrogens (tertiary/aromatic N) is 1. The number of unbranched alkanes of at least 4 members (excludes halogenated alkanes) is 1. The van der Waals surface area contributed by atoms with Crippen molar-refractivity contribution in [3.05, 3.63) is 12.7 Å². The van der Waals surface area contributed by atoms with E-state index in [4.69, 9.17) is 4.74 Å². The molecule has 1 aliphatic rings. The molecule has 1 saturated heterocycles. The number of piperazine rings is 1. The Balaban J connectivity index is 2.35. The third-order valence-corrected chi connectivity index (χ3v) is 3.24. The van der Waals surface area contributed by atoms with Crippen LogP contribution in [0.15, 0.2) is 12.7 Å². The van der Waals surface area contributed by atoms with Crippen molar-refractivity contribution in [2.24, 2.45) is 0 Å². The van der Waals surface area contributed by atoms with Gasteiger partial charge < -0.3 is 20.3 Å². The van der Waals surface area contributed by atoms with Crippen LogP contribution < -0.4 is 10.6 Å². The SMILES string of the molecule is C=CCCCN1CCNC(CC(=O)NCCOC)C1=O. The van der Waals surface area contributed by atoms with Gasteiger partial charge in [0.2, 0.25) is 11.8 Å². The summed E-state index contributed by atoms with van der Waals surface area (Å²) < 4.78 is 4.86. The number of hydrogen-bond acceptors (Lipinski definition) is 4. The fourth-order valence-electron chi connectivity index (χ4n) is 2.15. The first-order valence-electron chi connectivity index (χ1n) is 7.07. The molecule has 2 N–H and O–H groups in total. The molecule has 2 amide bonds. The Morgan fingerprint density at radius 1 is 1.65 bits per heavy atom. The lowest BCUT2D eigenvalue weighted by Gasteiger charge is -2.33. The van der Waals surface area contributed by atoms with Crippen LogP contribution >= 0.6 is 0 Å². The van der Waals surface area contributed by atoms with E-state index in [1.165, 1.54) is 0 Å². The summed E-state index contributed by atoms with van der Waals surface area (Å²) in [7, 11) is 1.58. The fraction of sp³-hybridized carbons (Fsp3) is 0.714. The number of carbonyl (C=O) groups excluding carboxylic acids is 2. The maximum atomic E-state index is 12.2. The first kappa shape index (κ1) is 16.7. The van der Waals surface area contributed by atoms with E-state index in [0.29, 0.717) is 19.7 Å². The molecule has 6 heteroatoms. The van der Waals surface area contributed by atoms with Gasteiger partial charge in [-0.3, -0.25) is 9.59 Å². The van der Waals surface area contributed by atoms with Crippen molar-refractivity contribution in [3.8, 4) is 0 Å². The van der Waals surface area contributed by atoms with Gasteiger partial charge in [0.1, 0.15) is 0 Å². The van der Waals surface area contributed by atoms with Crippen LogP contribution in [0.3, 0.4) is 0 Å². The first-order chi connectivity index (χ1) is 9.69. The molecule has 1 heterocycles. The van der Waals surface area contributed by atoms with E-state index in [1.54, 1.807) is 7.11 Å². The molecule has 1 rings (SSSR count). The van der Waals surface area contributed by atoms with E-state index in [0.717, 1.165) is 25.9 Å². The van der Waals surface area contributed by atoms with Gasteiger partial charge in [-0.05, 0) is 12.8 Å². The van der Waals surface area contributed by atoms with Gasteiger partial charge >= 0.3 is 0 Å². The molecule has 0 saturated carbocycles. The third kappa shape index (κ3) is 5.71. The third-order valence-electron chi connectivity index (χ3n) is 3.24. The topological polar surface area (TPSA) is 70.7 Å². The highest BCUT2D eigenvalue weighted by Gasteiger charge is 2.29. The predicted octanol–water partition coefficient (Wildman–Crippen LogP) is -0.0943. The Morgan fingerprint density at radius 2 is 2.45 bits per heavy atom. The normalized spacial score (nSPS) is 18.9. The largest absolute Gasteiger partial charge is 0.383 e. The Hall–Kier alpha value is -1.40. The molecule has 20 heavy (non-hydrogen) atoms. The van der Waals surface area contributed by atoms with Crippen molar-refractivity contribution in [1.82, 2.24) is 15.5 Å². The lowest BCUT2D eigenvalue weighted by atomic mass is 10.1. The summed E-state index contributed by atoms with van der Waals surface area (Å²) in [5, 5.41) is 5.84. The molecule has 0 aromatic carbocycles. The van der Waals surface area contributed by atoms with Gasteiger partial charge in [0.25, 0.3) is 0 Å². The van der Waals surface area contributed by atoms with Gasteiger partial charge in [0.05, 0.1) is 19.1 Å². The molecule has 0 aromatic rings. The molecular formula is C14H25N3O3. The lowest BCUT2D eigenvalue weighted by Crippen LogP contribution is -2.56. The van der Waals surface area contributed by atoms with E-state index in [2.05, 4.69) is 17.2 Å². The van der Waals surface area contributed by atoms with Crippen LogP contribution in [-0.4, -0.2) is 62.7 Å². The smallest absolute Gasteiger partial charge is 0.240 e. The molecule has 0 radical (unpaired) electrons. The fourth-order valence-corrected chi connectivity index (χ4v) is 2.15. The standard InChI is InChI=1S/C14H25N3O3/c1-3-4-5-8-17-9-6-15-12(14(17)19)11-13(18)16-7-10-20-2/h3,12,15H,1,4-11H2,2H3,(H,16,18). The monoisotopic (exact) mass is 283 g/mol. The van der Waals surface area contributed by atoms with Crippen molar-refractivity contribution in [2.45, 2.75) is 25.3 Å². The van der Waals surface area contributed by atoms with Crippen LogP contribution in [0.1, 0.15) is 19.3 Å². The lowest BCUT2D eigenvalue weighted by molar-refractivity contribution is -0.138. The number of allylic oxidation sites excluding steroid dienone is 1. The number of carbonyl (C=O) groups is 2. The second-order valence-electron chi connectivity index (χ2n) is 4.81. The molecule has 1 aliphatic heterocycles. The Kier molecular flexibility index (Phi) is 7.91. The molecule has 6 nitrogen and oxygen atoms in total. The summed E-state index contributed by atoms with van der Waals surface area (Å²) in [4.78, 5) is 25.8. The zero-order chi connectivity index (χ0) is 14.8. The predicted molar refractivity (Wildman–Crippen MR) is 77.3 cm³/mol. The van der Waals surface area contributed by atoms with Crippen LogP contribution in [-0.2, 0) is 14.3 Å². The maximum absolute atomic E-state index is 12.2. The number of ether oxygens (including phenoxy) is 1. The van der Waals surface area contributed by atoms with Crippen molar-refractivity contribution in [3.63, 3.8) is 0 Å². The van der Waals surface area contributed by atoms with Crippen LogP contribution in [0.4, 0.5) is 0 Å². The molecular weight excluding hydrogens is 258 g/mol. The molecule has 0 spiro atoms. The zero-order valence-electron chi connectivity index (χ0n) is 12.2. The summed E-state index contributed by atoms with van der Waals surface area (Å²) in [5.41, 5.74) is 0. The van der Waals surface area contributed by atoms with Gasteiger partial charge in [0.15, 0.2) is 0 Å². The van der Waals surface area contributed by atoms with Gasteiger partial charge in [-0.15, -0.1) is 6.58 Å². The summed E-state index contributed by atoms with van der Waals surface area (Å²) >= 11 is 0. The Labute approximate surface area is 120 Å². The highest BCUT2D eigenvalue weighted by Crippen LogP contribution is 2.07. The molecule has 1 fully saturated rings. The van der Waals surface area contributed by atoms with E-state index in [9.17, 15) is 9.59 Å². The minimum Gasteiger partial charge on any atom is -0.383 e. The van der Waals surface area contributed by atoms with Crippen molar-refractivity contribution in [2.75, 3.05) is 39.9 Å². The molecule has 1 atom stereocenters. The van der Waals surface area contributed by atoms with Crippen LogP contribution in [0.2, 0.25) is 0 Å². The number of amides is 2. The minimum atomic E-state index is -0.407. The van der Waals surface area contributed by atoms with E-state index in [-0.39, 0.29) is 18.2 Å². The van der Waals surface area contributed by atoms with Gasteiger partial charge in [-0.1, -0.05) is 6.08 Å². The van der Waals surface area contributed by atoms with Gasteiger partial charge in [-0.2, -0.15) is 0 Å². The van der Waals surface area contributed by atoms with E-state index >= 15 is 0 Å². The summed E-state index contributed by atoms with van der Waals surface area (Å²) in [6.45, 7) is 6.79. The van der Waals surface area contributed by atoms with Crippen molar-refractivity contribution in [1.29, 1.82) is 0 Å². The first-order valence-corrected chi connectivity index (χ1v) is 7.07. The zero-order valence-corrected chi connectivity index (χ0v) is 12.2. The maximum Gasteiger partial charge on any atom is 0.240 e. The van der Waals surface area contributed by atoms with Gasteiger partial charge in [-0.25, -0.2) is 0 Å². The molecule has 0 aromatic heterocycles. The van der Waals surface area contributed by atoms with Crippen molar-refractivity contribution < 1.29 is 14.3 Å². The average molecular weight is 283 g/mol. The Bertz CT molecular complexity index is 334. The van der Waals surface area contributed by atoms with Crippen LogP contribution in [0, 0.1) is 0 Å². The molecule has 0 aliphatic carbocycles. The summed E-state index contributed by atoms with van der Waals surface area (Å²) in [6.07, 6.45) is 3.86. The summed E-state index contributed by atoms with van der Waals surface area (Å²) in [6, 6.07) is -0.407. The van der Waals surface area contributed by atoms with E-state index < -0.39 is 6.04 Å². The number of nitrogens with one attached hydrogen (secondary N) is 2. The molecule has 114 valence electrons. The molecule has 0 bridgehead atoms. The highest BCUT2D eigenvalue weighted by atomic mass is 16.5. The summed E-state index contributed by atoms with van der Waals surface area (Å²) in [5.74, 6) is -0.108. The van der Waals surface area contributed by atoms with Crippen LogP contribution in [0.5, 0.6) is 0 Å². The number of rotatable bonds is 9. The van der Waals surface area contributed by atoms with E-state index in [1.807, 2.05) is 11.0 Å². The van der Waals surface area contributed by atoms with Crippen molar-refractivity contribution >= 4 is 11.8 Å². The average Bonchev–Trinajstić information content (AvgIpc) is 2.43. The Morgan fingerprint density at radius 3 is 3.15 bits per heavy atom. The van der Waals surface area contributed by atoms with Crippen LogP contribution in [0.25, 0.3) is 0 Å². The minimum absolute atomic E-state index is 0.0159. The van der Waals surface area contributed by atoms with Gasteiger partial charge in [0, 0.05) is 33.3 Å². The number of methoxy groups -OCH3 is 1.